The molecule has 15 heavy (non-hydrogen) atoms. The molecule has 0 bridgehead atoms. The lowest BCUT2D eigenvalue weighted by Gasteiger charge is -2.27. The molecule has 0 radical (unpaired) electrons. The summed E-state index contributed by atoms with van der Waals surface area (Å²) in [5.41, 5.74) is 5.62. The van der Waals surface area contributed by atoms with Crippen LogP contribution in [0.15, 0.2) is 4.99 Å². The molecule has 1 saturated heterocycles. The summed E-state index contributed by atoms with van der Waals surface area (Å²) in [4.78, 5) is 6.07. The lowest BCUT2D eigenvalue weighted by Crippen LogP contribution is -2.40. The highest BCUT2D eigenvalue weighted by atomic mass is 32.3. The van der Waals surface area contributed by atoms with Crippen LogP contribution in [0, 0.1) is 0 Å². The van der Waals surface area contributed by atoms with E-state index >= 15 is 0 Å². The average molecular weight is 239 g/mol. The Labute approximate surface area is 89.6 Å². The Hall–Kier alpha value is -0.860. The van der Waals surface area contributed by atoms with Gasteiger partial charge in [-0.3, -0.25) is 14.1 Å². The molecule has 90 valence electrons. The molecule has 0 unspecified atom stereocenters. The number of likely N-dealkylation sites (tertiary alicyclic amines) is 1. The van der Waals surface area contributed by atoms with Crippen LogP contribution in [-0.4, -0.2) is 48.5 Å². The van der Waals surface area contributed by atoms with Crippen molar-refractivity contribution in [2.75, 3.05) is 20.1 Å². The Morgan fingerprint density at radius 2 is 1.67 bits per heavy atom. The molecular weight excluding hydrogens is 222 g/mol. The maximum absolute atomic E-state index is 8.74. The molecular formula is C7H17N3O4S. The van der Waals surface area contributed by atoms with E-state index in [0.29, 0.717) is 5.96 Å². The van der Waals surface area contributed by atoms with Crippen LogP contribution in [0.4, 0.5) is 0 Å². The number of rotatable bonds is 0. The SMILES string of the molecule is C/N=C(\N)N1CCCCC1.O=S(=O)(O)O. The van der Waals surface area contributed by atoms with Gasteiger partial charge in [0.05, 0.1) is 0 Å². The third kappa shape index (κ3) is 9.44. The van der Waals surface area contributed by atoms with Gasteiger partial charge in [-0.05, 0) is 19.3 Å². The minimum Gasteiger partial charge on any atom is -0.370 e. The molecule has 0 aliphatic carbocycles. The van der Waals surface area contributed by atoms with Gasteiger partial charge in [-0.2, -0.15) is 8.42 Å². The van der Waals surface area contributed by atoms with E-state index in [1.54, 1.807) is 7.05 Å². The second kappa shape index (κ2) is 6.59. The van der Waals surface area contributed by atoms with Gasteiger partial charge in [0, 0.05) is 20.1 Å². The topological polar surface area (TPSA) is 116 Å². The largest absolute Gasteiger partial charge is 0.394 e. The fourth-order valence-corrected chi connectivity index (χ4v) is 1.26. The van der Waals surface area contributed by atoms with Crippen molar-refractivity contribution in [2.45, 2.75) is 19.3 Å². The predicted molar refractivity (Wildman–Crippen MR) is 57.1 cm³/mol. The van der Waals surface area contributed by atoms with Gasteiger partial charge in [-0.15, -0.1) is 0 Å². The number of nitrogens with zero attached hydrogens (tertiary/aromatic N) is 2. The van der Waals surface area contributed by atoms with E-state index in [2.05, 4.69) is 9.89 Å². The Morgan fingerprint density at radius 1 is 1.27 bits per heavy atom. The number of hydrogen-bond donors (Lipinski definition) is 3. The first-order valence-corrected chi connectivity index (χ1v) is 5.91. The van der Waals surface area contributed by atoms with Gasteiger partial charge >= 0.3 is 10.4 Å². The average Bonchev–Trinajstić information content (AvgIpc) is 2.15. The quantitative estimate of drug-likeness (QED) is 0.305. The van der Waals surface area contributed by atoms with Crippen LogP contribution in [0.5, 0.6) is 0 Å². The van der Waals surface area contributed by atoms with Crippen molar-refractivity contribution in [3.8, 4) is 0 Å². The standard InChI is InChI=1S/C7H15N3.H2O4S/c1-9-7(8)10-5-3-2-4-6-10;1-5(2,3)4/h2-6H2,1H3,(H2,8,9);(H2,1,2,3,4). The van der Waals surface area contributed by atoms with Gasteiger partial charge < -0.3 is 10.6 Å². The van der Waals surface area contributed by atoms with Crippen molar-refractivity contribution >= 4 is 16.4 Å². The maximum Gasteiger partial charge on any atom is 0.394 e. The zero-order valence-corrected chi connectivity index (χ0v) is 9.44. The summed E-state index contributed by atoms with van der Waals surface area (Å²) >= 11 is 0. The first-order chi connectivity index (χ1) is 6.84. The molecule has 4 N–H and O–H groups in total. The summed E-state index contributed by atoms with van der Waals surface area (Å²) in [5.74, 6) is 0.694. The molecule has 0 aromatic heterocycles. The van der Waals surface area contributed by atoms with Gasteiger partial charge in [0.2, 0.25) is 0 Å². The lowest BCUT2D eigenvalue weighted by molar-refractivity contribution is 0.339. The predicted octanol–water partition coefficient (Wildman–Crippen LogP) is -0.236. The van der Waals surface area contributed by atoms with E-state index in [9.17, 15) is 0 Å². The van der Waals surface area contributed by atoms with Crippen molar-refractivity contribution < 1.29 is 17.5 Å². The molecule has 1 rings (SSSR count). The highest BCUT2D eigenvalue weighted by molar-refractivity contribution is 7.79. The lowest BCUT2D eigenvalue weighted by atomic mass is 10.1. The number of hydrogen-bond acceptors (Lipinski definition) is 3. The van der Waals surface area contributed by atoms with Crippen LogP contribution in [0.1, 0.15) is 19.3 Å². The zero-order chi connectivity index (χ0) is 11.9. The van der Waals surface area contributed by atoms with Gasteiger partial charge in [-0.1, -0.05) is 0 Å². The zero-order valence-electron chi connectivity index (χ0n) is 8.63. The summed E-state index contributed by atoms with van der Waals surface area (Å²) in [6.45, 7) is 2.17. The van der Waals surface area contributed by atoms with Crippen molar-refractivity contribution in [2.24, 2.45) is 10.7 Å². The summed E-state index contributed by atoms with van der Waals surface area (Å²) < 4.78 is 31.6. The Kier molecular flexibility index (Phi) is 6.21. The van der Waals surface area contributed by atoms with Crippen molar-refractivity contribution in [1.82, 2.24) is 4.90 Å². The fourth-order valence-electron chi connectivity index (χ4n) is 1.26. The molecule has 1 aliphatic rings. The molecule has 1 fully saturated rings. The van der Waals surface area contributed by atoms with Crippen LogP contribution in [0.25, 0.3) is 0 Å². The highest BCUT2D eigenvalue weighted by Crippen LogP contribution is 2.07. The highest BCUT2D eigenvalue weighted by Gasteiger charge is 2.10. The fraction of sp³-hybridized carbons (Fsp3) is 0.857. The summed E-state index contributed by atoms with van der Waals surface area (Å²) in [5, 5.41) is 0. The van der Waals surface area contributed by atoms with E-state index in [0.717, 1.165) is 13.1 Å². The molecule has 1 aliphatic heterocycles. The minimum absolute atomic E-state index is 0.694. The van der Waals surface area contributed by atoms with E-state index in [1.165, 1.54) is 19.3 Å². The number of piperidine rings is 1. The molecule has 1 heterocycles. The third-order valence-corrected chi connectivity index (χ3v) is 1.91. The molecule has 7 nitrogen and oxygen atoms in total. The minimum atomic E-state index is -4.67. The van der Waals surface area contributed by atoms with Gasteiger partial charge in [0.1, 0.15) is 0 Å². The number of guanidine groups is 1. The van der Waals surface area contributed by atoms with E-state index < -0.39 is 10.4 Å². The van der Waals surface area contributed by atoms with Crippen LogP contribution in [0.2, 0.25) is 0 Å². The van der Waals surface area contributed by atoms with Crippen LogP contribution in [-0.2, 0) is 10.4 Å². The molecule has 0 atom stereocenters. The second-order valence-electron chi connectivity index (χ2n) is 3.08. The van der Waals surface area contributed by atoms with E-state index in [1.807, 2.05) is 0 Å². The normalized spacial score (nSPS) is 18.1. The van der Waals surface area contributed by atoms with Crippen molar-refractivity contribution in [1.29, 1.82) is 0 Å². The number of nitrogens with two attached hydrogens (primary N) is 1. The Bertz CT molecular complexity index is 287. The third-order valence-electron chi connectivity index (χ3n) is 1.91. The summed E-state index contributed by atoms with van der Waals surface area (Å²) in [6, 6.07) is 0. The smallest absolute Gasteiger partial charge is 0.370 e. The first-order valence-electron chi connectivity index (χ1n) is 4.51. The molecule has 0 spiro atoms. The monoisotopic (exact) mass is 239 g/mol. The molecule has 0 amide bonds. The Morgan fingerprint density at radius 3 is 2.00 bits per heavy atom. The van der Waals surface area contributed by atoms with E-state index in [-0.39, 0.29) is 0 Å². The first kappa shape index (κ1) is 14.1. The van der Waals surface area contributed by atoms with E-state index in [4.69, 9.17) is 23.3 Å². The van der Waals surface area contributed by atoms with Gasteiger partial charge in [-0.25, -0.2) is 0 Å². The van der Waals surface area contributed by atoms with Crippen LogP contribution >= 0.6 is 0 Å². The Balaban J connectivity index is 0.000000336. The molecule has 0 aromatic carbocycles. The van der Waals surface area contributed by atoms with Gasteiger partial charge in [0.15, 0.2) is 5.96 Å². The maximum atomic E-state index is 8.74. The second-order valence-corrected chi connectivity index (χ2v) is 3.97. The van der Waals surface area contributed by atoms with Crippen LogP contribution in [0.3, 0.4) is 0 Å². The summed E-state index contributed by atoms with van der Waals surface area (Å²) in [7, 11) is -2.93. The molecule has 8 heteroatoms. The van der Waals surface area contributed by atoms with Crippen LogP contribution < -0.4 is 5.73 Å². The molecule has 0 saturated carbocycles. The summed E-state index contributed by atoms with van der Waals surface area (Å²) in [6.07, 6.45) is 3.86. The molecule has 0 aromatic rings. The van der Waals surface area contributed by atoms with Crippen molar-refractivity contribution in [3.05, 3.63) is 0 Å². The van der Waals surface area contributed by atoms with Crippen molar-refractivity contribution in [3.63, 3.8) is 0 Å². The van der Waals surface area contributed by atoms with Gasteiger partial charge in [0.25, 0.3) is 0 Å². The number of aliphatic imine (C=N–C) groups is 1.